The van der Waals surface area contributed by atoms with Gasteiger partial charge in [-0.2, -0.15) is 0 Å². The van der Waals surface area contributed by atoms with Gasteiger partial charge < -0.3 is 15.7 Å². The van der Waals surface area contributed by atoms with E-state index >= 15 is 0 Å². The molecule has 138 valence electrons. The third-order valence-electron chi connectivity index (χ3n) is 5.61. The Morgan fingerprint density at radius 1 is 1.20 bits per heavy atom. The minimum absolute atomic E-state index is 0.0886. The smallest absolute Gasteiger partial charge is 0.315 e. The maximum atomic E-state index is 12.1. The van der Waals surface area contributed by atoms with Gasteiger partial charge in [0.1, 0.15) is 0 Å². The van der Waals surface area contributed by atoms with Gasteiger partial charge in [0.15, 0.2) is 0 Å². The number of urea groups is 1. The lowest BCUT2D eigenvalue weighted by atomic mass is 9.85. The number of nitrogens with one attached hydrogen (secondary N) is 2. The van der Waals surface area contributed by atoms with Crippen molar-refractivity contribution in [2.45, 2.75) is 51.1 Å². The lowest BCUT2D eigenvalue weighted by molar-refractivity contribution is 0.153. The molecule has 2 amide bonds. The Morgan fingerprint density at radius 2 is 2.00 bits per heavy atom. The SMILES string of the molecule is O=C(NCCCN1CCc2ccccc2C1)NC1CCCCC1CO. The van der Waals surface area contributed by atoms with E-state index < -0.39 is 0 Å². The molecule has 5 heteroatoms. The van der Waals surface area contributed by atoms with Crippen molar-refractivity contribution in [2.75, 3.05) is 26.2 Å². The van der Waals surface area contributed by atoms with Crippen molar-refractivity contribution in [1.29, 1.82) is 0 Å². The minimum atomic E-state index is -0.0886. The topological polar surface area (TPSA) is 64.6 Å². The number of rotatable bonds is 6. The second-order valence-corrected chi connectivity index (χ2v) is 7.38. The number of aliphatic hydroxyl groups excluding tert-OH is 1. The van der Waals surface area contributed by atoms with Gasteiger partial charge >= 0.3 is 6.03 Å². The quantitative estimate of drug-likeness (QED) is 0.693. The lowest BCUT2D eigenvalue weighted by Crippen LogP contribution is -2.48. The highest BCUT2D eigenvalue weighted by atomic mass is 16.3. The zero-order valence-electron chi connectivity index (χ0n) is 15.0. The Bertz CT molecular complexity index is 564. The summed E-state index contributed by atoms with van der Waals surface area (Å²) >= 11 is 0. The van der Waals surface area contributed by atoms with E-state index in [1.165, 1.54) is 11.1 Å². The van der Waals surface area contributed by atoms with Crippen LogP contribution in [-0.4, -0.2) is 48.3 Å². The molecule has 1 heterocycles. The summed E-state index contributed by atoms with van der Waals surface area (Å²) in [6.07, 6.45) is 6.36. The van der Waals surface area contributed by atoms with Crippen molar-refractivity contribution in [3.63, 3.8) is 0 Å². The molecule has 25 heavy (non-hydrogen) atoms. The summed E-state index contributed by atoms with van der Waals surface area (Å²) in [6.45, 7) is 3.99. The van der Waals surface area contributed by atoms with Crippen molar-refractivity contribution in [2.24, 2.45) is 5.92 Å². The number of carbonyl (C=O) groups excluding carboxylic acids is 1. The van der Waals surface area contributed by atoms with E-state index in [1.807, 2.05) is 0 Å². The van der Waals surface area contributed by atoms with Crippen LogP contribution in [0.25, 0.3) is 0 Å². The first kappa shape index (κ1) is 18.2. The second kappa shape index (κ2) is 9.20. The third-order valence-corrected chi connectivity index (χ3v) is 5.61. The largest absolute Gasteiger partial charge is 0.396 e. The summed E-state index contributed by atoms with van der Waals surface area (Å²) in [6, 6.07) is 8.70. The van der Waals surface area contributed by atoms with Crippen LogP contribution in [0, 0.1) is 5.92 Å². The Morgan fingerprint density at radius 3 is 2.84 bits per heavy atom. The van der Waals surface area contributed by atoms with Crippen LogP contribution in [-0.2, 0) is 13.0 Å². The highest BCUT2D eigenvalue weighted by Crippen LogP contribution is 2.23. The van der Waals surface area contributed by atoms with Crippen LogP contribution in [0.4, 0.5) is 4.79 Å². The number of amides is 2. The average Bonchev–Trinajstić information content (AvgIpc) is 2.65. The molecule has 1 aromatic rings. The van der Waals surface area contributed by atoms with Gasteiger partial charge in [-0.05, 0) is 36.8 Å². The average molecular weight is 345 g/mol. The number of benzene rings is 1. The van der Waals surface area contributed by atoms with Crippen LogP contribution >= 0.6 is 0 Å². The number of aliphatic hydroxyl groups is 1. The van der Waals surface area contributed by atoms with Crippen molar-refractivity contribution < 1.29 is 9.90 Å². The molecule has 0 saturated heterocycles. The van der Waals surface area contributed by atoms with Crippen molar-refractivity contribution in [3.8, 4) is 0 Å². The summed E-state index contributed by atoms with van der Waals surface area (Å²) in [5.74, 6) is 0.216. The van der Waals surface area contributed by atoms with Gasteiger partial charge in [-0.25, -0.2) is 4.79 Å². The molecule has 2 atom stereocenters. The van der Waals surface area contributed by atoms with Gasteiger partial charge in [0.25, 0.3) is 0 Å². The highest BCUT2D eigenvalue weighted by Gasteiger charge is 2.25. The maximum Gasteiger partial charge on any atom is 0.315 e. The molecular weight excluding hydrogens is 314 g/mol. The Hall–Kier alpha value is -1.59. The van der Waals surface area contributed by atoms with E-state index in [1.54, 1.807) is 0 Å². The third kappa shape index (κ3) is 5.19. The zero-order valence-corrected chi connectivity index (χ0v) is 15.0. The first-order valence-electron chi connectivity index (χ1n) is 9.70. The van der Waals surface area contributed by atoms with Crippen LogP contribution in [0.15, 0.2) is 24.3 Å². The Kier molecular flexibility index (Phi) is 6.70. The molecule has 3 N–H and O–H groups in total. The zero-order chi connectivity index (χ0) is 17.5. The summed E-state index contributed by atoms with van der Waals surface area (Å²) < 4.78 is 0. The molecule has 1 aliphatic carbocycles. The van der Waals surface area contributed by atoms with E-state index in [-0.39, 0.29) is 24.6 Å². The first-order valence-corrected chi connectivity index (χ1v) is 9.70. The molecule has 5 nitrogen and oxygen atoms in total. The predicted molar refractivity (Wildman–Crippen MR) is 99.4 cm³/mol. The predicted octanol–water partition coefficient (Wildman–Crippen LogP) is 2.29. The van der Waals surface area contributed by atoms with Gasteiger partial charge in [0.2, 0.25) is 0 Å². The van der Waals surface area contributed by atoms with Crippen LogP contribution < -0.4 is 10.6 Å². The van der Waals surface area contributed by atoms with Crippen molar-refractivity contribution in [3.05, 3.63) is 35.4 Å². The number of carbonyl (C=O) groups is 1. The van der Waals surface area contributed by atoms with Crippen LogP contribution in [0.2, 0.25) is 0 Å². The van der Waals surface area contributed by atoms with Gasteiger partial charge in [0, 0.05) is 44.7 Å². The van der Waals surface area contributed by atoms with Gasteiger partial charge in [0.05, 0.1) is 0 Å². The molecule has 0 spiro atoms. The van der Waals surface area contributed by atoms with Crippen molar-refractivity contribution >= 4 is 6.03 Å². The number of hydrogen-bond donors (Lipinski definition) is 3. The number of hydrogen-bond acceptors (Lipinski definition) is 3. The lowest BCUT2D eigenvalue weighted by Gasteiger charge is -2.31. The van der Waals surface area contributed by atoms with E-state index in [4.69, 9.17) is 0 Å². The van der Waals surface area contributed by atoms with E-state index in [0.29, 0.717) is 6.54 Å². The van der Waals surface area contributed by atoms with E-state index in [2.05, 4.69) is 39.8 Å². The van der Waals surface area contributed by atoms with E-state index in [0.717, 1.165) is 58.2 Å². The van der Waals surface area contributed by atoms with E-state index in [9.17, 15) is 9.90 Å². The Balaban J connectivity index is 1.33. The van der Waals surface area contributed by atoms with Crippen molar-refractivity contribution in [1.82, 2.24) is 15.5 Å². The van der Waals surface area contributed by atoms with Gasteiger partial charge in [-0.3, -0.25) is 4.90 Å². The molecule has 0 aromatic heterocycles. The fraction of sp³-hybridized carbons (Fsp3) is 0.650. The summed E-state index contributed by atoms with van der Waals surface area (Å²) in [7, 11) is 0. The fourth-order valence-corrected chi connectivity index (χ4v) is 4.09. The minimum Gasteiger partial charge on any atom is -0.396 e. The molecular formula is C20H31N3O2. The first-order chi connectivity index (χ1) is 12.3. The van der Waals surface area contributed by atoms with Crippen LogP contribution in [0.3, 0.4) is 0 Å². The maximum absolute atomic E-state index is 12.1. The monoisotopic (exact) mass is 345 g/mol. The number of nitrogens with zero attached hydrogens (tertiary/aromatic N) is 1. The molecule has 1 aliphatic heterocycles. The molecule has 0 radical (unpaired) electrons. The molecule has 3 rings (SSSR count). The fourth-order valence-electron chi connectivity index (χ4n) is 4.09. The molecule has 1 fully saturated rings. The Labute approximate surface area is 150 Å². The molecule has 2 aliphatic rings. The molecule has 1 aromatic carbocycles. The molecule has 0 bridgehead atoms. The molecule has 2 unspecified atom stereocenters. The highest BCUT2D eigenvalue weighted by molar-refractivity contribution is 5.74. The van der Waals surface area contributed by atoms with Crippen LogP contribution in [0.1, 0.15) is 43.2 Å². The van der Waals surface area contributed by atoms with Gasteiger partial charge in [-0.1, -0.05) is 37.1 Å². The van der Waals surface area contributed by atoms with Gasteiger partial charge in [-0.15, -0.1) is 0 Å². The normalized spacial score (nSPS) is 23.7. The van der Waals surface area contributed by atoms with Crippen LogP contribution in [0.5, 0.6) is 0 Å². The summed E-state index contributed by atoms with van der Waals surface area (Å²) in [5, 5.41) is 15.4. The second-order valence-electron chi connectivity index (χ2n) is 7.38. The molecule has 1 saturated carbocycles. The summed E-state index contributed by atoms with van der Waals surface area (Å²) in [4.78, 5) is 14.5. The number of fused-ring (bicyclic) bond motifs is 1. The summed E-state index contributed by atoms with van der Waals surface area (Å²) in [5.41, 5.74) is 2.91. The standard InChI is InChI=1S/C20H31N3O2/c24-15-18-8-3-4-9-19(18)22-20(25)21-11-5-12-23-13-10-16-6-1-2-7-17(16)14-23/h1-2,6-7,18-19,24H,3-5,8-15H2,(H2,21,22,25).